The quantitative estimate of drug-likeness (QED) is 0.346. The Morgan fingerprint density at radius 3 is 2.44 bits per heavy atom. The van der Waals surface area contributed by atoms with Gasteiger partial charge in [-0.3, -0.25) is 0 Å². The second-order valence-corrected chi connectivity index (χ2v) is 10.4. The fourth-order valence-corrected chi connectivity index (χ4v) is 6.25. The Hall–Kier alpha value is -2.70. The summed E-state index contributed by atoms with van der Waals surface area (Å²) in [5, 5.41) is 14.0. The number of aromatic carboxylic acids is 1. The van der Waals surface area contributed by atoms with Gasteiger partial charge in [-0.05, 0) is 72.9 Å². The van der Waals surface area contributed by atoms with E-state index in [0.717, 1.165) is 38.9 Å². The second-order valence-electron chi connectivity index (χ2n) is 9.32. The largest absolute Gasteiger partial charge is 1.00 e. The molecule has 0 aliphatic heterocycles. The van der Waals surface area contributed by atoms with Crippen molar-refractivity contribution in [3.63, 3.8) is 0 Å². The van der Waals surface area contributed by atoms with E-state index in [0.29, 0.717) is 28.3 Å². The predicted molar refractivity (Wildman–Crippen MR) is 139 cm³/mol. The van der Waals surface area contributed by atoms with Gasteiger partial charge in [-0.25, -0.2) is 4.98 Å². The number of hydrogen-bond donors (Lipinski definition) is 0. The Bertz CT molecular complexity index is 1590. The van der Waals surface area contributed by atoms with Crippen LogP contribution in [0.15, 0.2) is 72.8 Å². The van der Waals surface area contributed by atoms with Crippen molar-refractivity contribution in [2.45, 2.75) is 38.7 Å². The number of aryl methyl sites for hydroxylation is 2. The third kappa shape index (κ3) is 4.35. The molecule has 0 spiro atoms. The number of ether oxygens (including phenoxy) is 1. The summed E-state index contributed by atoms with van der Waals surface area (Å²) in [7, 11) is 0. The predicted octanol–water partition coefficient (Wildman–Crippen LogP) is 3.43. The molecule has 0 bridgehead atoms. The third-order valence-electron chi connectivity index (χ3n) is 7.08. The summed E-state index contributed by atoms with van der Waals surface area (Å²) in [5.41, 5.74) is 4.76. The summed E-state index contributed by atoms with van der Waals surface area (Å²) in [6.07, 6.45) is 1.87. The van der Waals surface area contributed by atoms with E-state index in [4.69, 9.17) is 9.72 Å². The second kappa shape index (κ2) is 9.98. The molecule has 0 radical (unpaired) electrons. The van der Waals surface area contributed by atoms with Crippen molar-refractivity contribution in [3.8, 4) is 16.3 Å². The number of nitrogens with zero attached hydrogens (tertiary/aromatic N) is 1. The number of benzene rings is 3. The number of hydrogen-bond acceptors (Lipinski definition) is 5. The van der Waals surface area contributed by atoms with Gasteiger partial charge in [0.15, 0.2) is 0 Å². The molecule has 0 N–H and O–H groups in total. The molecule has 1 aliphatic rings. The molecule has 0 saturated heterocycles. The number of fused-ring (bicyclic) bond motifs is 2. The first-order chi connectivity index (χ1) is 17.0. The minimum absolute atomic E-state index is 0. The smallest absolute Gasteiger partial charge is 0.545 e. The van der Waals surface area contributed by atoms with Gasteiger partial charge in [0.2, 0.25) is 0 Å². The molecule has 5 aromatic rings. The van der Waals surface area contributed by atoms with Gasteiger partial charge in [0.05, 0.1) is 33.5 Å². The maximum absolute atomic E-state index is 12.3. The van der Waals surface area contributed by atoms with E-state index >= 15 is 0 Å². The van der Waals surface area contributed by atoms with Crippen LogP contribution in [0.25, 0.3) is 31.6 Å². The van der Waals surface area contributed by atoms with Crippen molar-refractivity contribution in [1.29, 1.82) is 0 Å². The van der Waals surface area contributed by atoms with Gasteiger partial charge in [-0.15, -0.1) is 11.3 Å². The van der Waals surface area contributed by atoms with Gasteiger partial charge in [-0.2, -0.15) is 0 Å². The number of carbonyl (C=O) groups is 1. The Morgan fingerprint density at radius 2 is 1.72 bits per heavy atom. The summed E-state index contributed by atoms with van der Waals surface area (Å²) < 4.78 is 7.51. The monoisotopic (exact) mass is 501 g/mol. The van der Waals surface area contributed by atoms with Gasteiger partial charge in [-0.1, -0.05) is 54.6 Å². The molecule has 36 heavy (non-hydrogen) atoms. The van der Waals surface area contributed by atoms with Crippen LogP contribution in [0.4, 0.5) is 0 Å². The van der Waals surface area contributed by atoms with E-state index in [1.807, 2.05) is 37.3 Å². The van der Waals surface area contributed by atoms with Crippen LogP contribution >= 0.6 is 11.3 Å². The number of pyridine rings is 1. The Balaban J connectivity index is 0.00000267. The molecule has 0 amide bonds. The minimum Gasteiger partial charge on any atom is -0.545 e. The molecule has 1 aliphatic carbocycles. The molecule has 3 aromatic carbocycles. The van der Waals surface area contributed by atoms with Crippen molar-refractivity contribution < 1.29 is 44.2 Å². The van der Waals surface area contributed by atoms with Crippen molar-refractivity contribution in [1.82, 2.24) is 4.98 Å². The first-order valence-corrected chi connectivity index (χ1v) is 12.7. The molecular weight excluding hydrogens is 477 g/mol. The fraction of sp³-hybridized carbons (Fsp3) is 0.200. The van der Waals surface area contributed by atoms with E-state index in [-0.39, 0.29) is 41.2 Å². The van der Waals surface area contributed by atoms with Crippen LogP contribution in [0, 0.1) is 13.8 Å². The molecule has 6 rings (SSSR count). The number of aromatic nitrogens is 1. The van der Waals surface area contributed by atoms with Crippen LogP contribution in [0.2, 0.25) is 0 Å². The SMILES string of the molecule is Cc1c(-c2cc(C(=O)[O-])c3c(O[C@H]4C[C@@H](c5ccccc5)C4)ccc(C)c3n2)sc2ccccc12.[Na+]. The molecular formula is C30H24NNaO3S. The first kappa shape index (κ1) is 25.0. The van der Waals surface area contributed by atoms with Crippen molar-refractivity contribution in [3.05, 3.63) is 95.1 Å². The molecule has 1 saturated carbocycles. The number of carboxylic acid groups (broad SMARTS) is 1. The summed E-state index contributed by atoms with van der Waals surface area (Å²) in [6.45, 7) is 4.01. The number of thiophene rings is 1. The number of carboxylic acids is 1. The Kier molecular flexibility index (Phi) is 6.92. The van der Waals surface area contributed by atoms with Gasteiger partial charge in [0.1, 0.15) is 5.75 Å². The molecule has 2 heterocycles. The van der Waals surface area contributed by atoms with Crippen molar-refractivity contribution >= 4 is 38.3 Å². The molecule has 1 fully saturated rings. The standard InChI is InChI=1S/C30H25NO3S.Na/c1-17-12-13-25(34-21-14-20(15-21)19-8-4-3-5-9-19)27-23(30(32)33)16-24(31-28(17)27)29-18(2)22-10-6-7-11-26(22)35-29;/h3-13,16,20-21H,14-15H2,1-2H3,(H,32,33);/q;+1/p-1/t20-,21+;. The molecule has 2 aromatic heterocycles. The number of rotatable bonds is 5. The topological polar surface area (TPSA) is 62.2 Å². The maximum Gasteiger partial charge on any atom is 1.00 e. The van der Waals surface area contributed by atoms with E-state index in [9.17, 15) is 9.90 Å². The third-order valence-corrected chi connectivity index (χ3v) is 8.38. The zero-order valence-electron chi connectivity index (χ0n) is 20.6. The Labute approximate surface area is 236 Å². The number of carbonyl (C=O) groups excluding carboxylic acids is 1. The van der Waals surface area contributed by atoms with Gasteiger partial charge in [0.25, 0.3) is 0 Å². The van der Waals surface area contributed by atoms with Crippen LogP contribution in [0.1, 0.15) is 45.8 Å². The molecule has 6 heteroatoms. The van der Waals surface area contributed by atoms with E-state index in [1.54, 1.807) is 17.4 Å². The maximum atomic E-state index is 12.3. The molecule has 174 valence electrons. The van der Waals surface area contributed by atoms with Crippen molar-refractivity contribution in [2.24, 2.45) is 0 Å². The average Bonchev–Trinajstić information content (AvgIpc) is 3.19. The van der Waals surface area contributed by atoms with Gasteiger partial charge in [0, 0.05) is 10.3 Å². The summed E-state index contributed by atoms with van der Waals surface area (Å²) in [4.78, 5) is 18.3. The van der Waals surface area contributed by atoms with E-state index in [1.165, 1.54) is 5.56 Å². The zero-order valence-corrected chi connectivity index (χ0v) is 23.4. The summed E-state index contributed by atoms with van der Waals surface area (Å²) in [5.74, 6) is -0.184. The van der Waals surface area contributed by atoms with E-state index in [2.05, 4.69) is 43.3 Å². The van der Waals surface area contributed by atoms with Crippen LogP contribution < -0.4 is 39.4 Å². The normalized spacial score (nSPS) is 16.9. The minimum atomic E-state index is -1.22. The van der Waals surface area contributed by atoms with Crippen LogP contribution in [-0.2, 0) is 0 Å². The van der Waals surface area contributed by atoms with Crippen LogP contribution in [0.3, 0.4) is 0 Å². The van der Waals surface area contributed by atoms with Crippen LogP contribution in [-0.4, -0.2) is 17.1 Å². The van der Waals surface area contributed by atoms with Gasteiger partial charge >= 0.3 is 29.6 Å². The average molecular weight is 502 g/mol. The summed E-state index contributed by atoms with van der Waals surface area (Å²) in [6, 6.07) is 24.1. The Morgan fingerprint density at radius 1 is 1.00 bits per heavy atom. The van der Waals surface area contributed by atoms with Crippen molar-refractivity contribution in [2.75, 3.05) is 0 Å². The van der Waals surface area contributed by atoms with Crippen LogP contribution in [0.5, 0.6) is 5.75 Å². The van der Waals surface area contributed by atoms with Gasteiger partial charge < -0.3 is 14.6 Å². The fourth-order valence-electron chi connectivity index (χ4n) is 5.08. The molecule has 4 nitrogen and oxygen atoms in total. The summed E-state index contributed by atoms with van der Waals surface area (Å²) >= 11 is 1.63. The zero-order chi connectivity index (χ0) is 24.1. The van der Waals surface area contributed by atoms with E-state index < -0.39 is 5.97 Å². The molecule has 0 unspecified atom stereocenters. The first-order valence-electron chi connectivity index (χ1n) is 11.9. The molecule has 0 atom stereocenters.